The van der Waals surface area contributed by atoms with E-state index in [2.05, 4.69) is 5.32 Å². The average Bonchev–Trinajstić information content (AvgIpc) is 3.33. The minimum absolute atomic E-state index is 0.189. The Morgan fingerprint density at radius 3 is 2.48 bits per heavy atom. The molecule has 0 atom stereocenters. The maximum absolute atomic E-state index is 13.2. The van der Waals surface area contributed by atoms with Crippen LogP contribution in [0.5, 0.6) is 11.5 Å². The third kappa shape index (κ3) is 4.54. The Bertz CT molecular complexity index is 1410. The van der Waals surface area contributed by atoms with Crippen molar-refractivity contribution >= 4 is 27.5 Å². The Hall–Kier alpha value is -3.85. The van der Waals surface area contributed by atoms with E-state index in [0.717, 1.165) is 10.1 Å². The van der Waals surface area contributed by atoms with Crippen LogP contribution in [0.15, 0.2) is 69.6 Å². The van der Waals surface area contributed by atoms with Crippen molar-refractivity contribution in [1.29, 1.82) is 0 Å². The monoisotopic (exact) mass is 465 g/mol. The average molecular weight is 466 g/mol. The molecule has 0 unspecified atom stereocenters. The zero-order valence-corrected chi connectivity index (χ0v) is 19.1. The maximum atomic E-state index is 13.2. The number of aromatic nitrogens is 2. The molecule has 0 saturated carbocycles. The summed E-state index contributed by atoms with van der Waals surface area (Å²) in [6.45, 7) is 0.194. The van der Waals surface area contributed by atoms with Crippen LogP contribution >= 0.6 is 11.3 Å². The highest BCUT2D eigenvalue weighted by molar-refractivity contribution is 7.17. The molecule has 0 saturated heterocycles. The number of para-hydroxylation sites is 1. The first-order valence-electron chi connectivity index (χ1n) is 10.3. The van der Waals surface area contributed by atoms with Crippen LogP contribution in [0, 0.1) is 0 Å². The Morgan fingerprint density at radius 1 is 1.00 bits per heavy atom. The topological polar surface area (TPSA) is 91.6 Å². The molecule has 0 spiro atoms. The van der Waals surface area contributed by atoms with Crippen LogP contribution in [0.1, 0.15) is 5.56 Å². The second kappa shape index (κ2) is 9.74. The van der Waals surface area contributed by atoms with Crippen LogP contribution in [0.3, 0.4) is 0 Å². The smallest absolute Gasteiger partial charge is 0.336 e. The third-order valence-corrected chi connectivity index (χ3v) is 6.15. The van der Waals surface area contributed by atoms with E-state index in [4.69, 9.17) is 9.47 Å². The molecule has 0 bridgehead atoms. The summed E-state index contributed by atoms with van der Waals surface area (Å²) >= 11 is 1.25. The fourth-order valence-electron chi connectivity index (χ4n) is 3.63. The number of nitrogens with one attached hydrogen (secondary N) is 1. The van der Waals surface area contributed by atoms with Crippen molar-refractivity contribution in [3.8, 4) is 17.2 Å². The molecular weight excluding hydrogens is 442 g/mol. The van der Waals surface area contributed by atoms with Crippen molar-refractivity contribution in [1.82, 2.24) is 14.5 Å². The van der Waals surface area contributed by atoms with Crippen molar-refractivity contribution in [2.45, 2.75) is 13.0 Å². The third-order valence-electron chi connectivity index (χ3n) is 5.25. The zero-order chi connectivity index (χ0) is 23.4. The van der Waals surface area contributed by atoms with Gasteiger partial charge >= 0.3 is 5.69 Å². The highest BCUT2D eigenvalue weighted by Gasteiger charge is 2.17. The summed E-state index contributed by atoms with van der Waals surface area (Å²) in [6, 6.07) is 16.0. The van der Waals surface area contributed by atoms with Gasteiger partial charge in [-0.2, -0.15) is 0 Å². The number of fused-ring (bicyclic) bond motifs is 1. The zero-order valence-electron chi connectivity index (χ0n) is 18.2. The molecule has 0 aliphatic heterocycles. The van der Waals surface area contributed by atoms with E-state index in [1.807, 2.05) is 24.3 Å². The summed E-state index contributed by atoms with van der Waals surface area (Å²) in [5.41, 5.74) is 0.957. The summed E-state index contributed by atoms with van der Waals surface area (Å²) in [5.74, 6) is 0.942. The van der Waals surface area contributed by atoms with Crippen molar-refractivity contribution in [2.24, 2.45) is 0 Å². The molecule has 0 aliphatic rings. The minimum Gasteiger partial charge on any atom is -0.493 e. The SMILES string of the molecule is COc1ccc(CCNC(=O)Cn2c(=O)n(-c3ccccc3)c(=O)c3sccc32)cc1OC. The van der Waals surface area contributed by atoms with Gasteiger partial charge in [-0.15, -0.1) is 11.3 Å². The summed E-state index contributed by atoms with van der Waals surface area (Å²) in [6.07, 6.45) is 0.582. The summed E-state index contributed by atoms with van der Waals surface area (Å²) in [7, 11) is 3.15. The van der Waals surface area contributed by atoms with Crippen molar-refractivity contribution in [3.63, 3.8) is 0 Å². The number of rotatable bonds is 8. The van der Waals surface area contributed by atoms with Gasteiger partial charge in [0.25, 0.3) is 5.56 Å². The molecular formula is C24H23N3O5S. The number of carbonyl (C=O) groups is 1. The molecule has 4 rings (SSSR count). The van der Waals surface area contributed by atoms with Crippen LogP contribution < -0.4 is 26.0 Å². The molecule has 33 heavy (non-hydrogen) atoms. The molecule has 1 N–H and O–H groups in total. The second-order valence-electron chi connectivity index (χ2n) is 7.27. The highest BCUT2D eigenvalue weighted by Crippen LogP contribution is 2.27. The lowest BCUT2D eigenvalue weighted by molar-refractivity contribution is -0.121. The second-order valence-corrected chi connectivity index (χ2v) is 8.19. The number of hydrogen-bond acceptors (Lipinski definition) is 6. The normalized spacial score (nSPS) is 10.8. The quantitative estimate of drug-likeness (QED) is 0.432. The fraction of sp³-hybridized carbons (Fsp3) is 0.208. The van der Waals surface area contributed by atoms with E-state index in [0.29, 0.717) is 40.4 Å². The van der Waals surface area contributed by atoms with Gasteiger partial charge in [-0.3, -0.25) is 14.2 Å². The molecule has 4 aromatic rings. The molecule has 170 valence electrons. The lowest BCUT2D eigenvalue weighted by Gasteiger charge is -2.13. The van der Waals surface area contributed by atoms with E-state index in [1.54, 1.807) is 49.9 Å². The molecule has 8 nitrogen and oxygen atoms in total. The lowest BCUT2D eigenvalue weighted by atomic mass is 10.1. The van der Waals surface area contributed by atoms with E-state index < -0.39 is 5.69 Å². The predicted molar refractivity (Wildman–Crippen MR) is 128 cm³/mol. The van der Waals surface area contributed by atoms with E-state index in [-0.39, 0.29) is 18.0 Å². The predicted octanol–water partition coefficient (Wildman–Crippen LogP) is 2.59. The molecule has 0 fully saturated rings. The van der Waals surface area contributed by atoms with Crippen LogP contribution in [0.25, 0.3) is 15.9 Å². The fourth-order valence-corrected chi connectivity index (χ4v) is 4.45. The number of ether oxygens (including phenoxy) is 2. The van der Waals surface area contributed by atoms with Crippen LogP contribution in [0.2, 0.25) is 0 Å². The summed E-state index contributed by atoms with van der Waals surface area (Å²) in [4.78, 5) is 38.8. The molecule has 2 aromatic carbocycles. The van der Waals surface area contributed by atoms with E-state index in [9.17, 15) is 14.4 Å². The molecule has 2 aromatic heterocycles. The first-order chi connectivity index (χ1) is 16.0. The van der Waals surface area contributed by atoms with Crippen LogP contribution in [-0.4, -0.2) is 35.8 Å². The molecule has 0 aliphatic carbocycles. The Morgan fingerprint density at radius 2 is 1.76 bits per heavy atom. The Kier molecular flexibility index (Phi) is 6.60. The summed E-state index contributed by atoms with van der Waals surface area (Å²) < 4.78 is 13.4. The molecule has 1 amide bonds. The van der Waals surface area contributed by atoms with Crippen molar-refractivity contribution in [2.75, 3.05) is 20.8 Å². The maximum Gasteiger partial charge on any atom is 0.336 e. The summed E-state index contributed by atoms with van der Waals surface area (Å²) in [5, 5.41) is 4.59. The Labute approximate surface area is 193 Å². The molecule has 2 heterocycles. The standard InChI is InChI=1S/C24H23N3O5S/c1-31-19-9-8-16(14-20(19)32-2)10-12-25-21(28)15-26-18-11-13-33-22(18)23(29)27(24(26)30)17-6-4-3-5-7-17/h3-9,11,13-14H,10,12,15H2,1-2H3,(H,25,28). The van der Waals surface area contributed by atoms with Gasteiger partial charge in [0.1, 0.15) is 11.2 Å². The number of benzene rings is 2. The van der Waals surface area contributed by atoms with E-state index in [1.165, 1.54) is 15.9 Å². The van der Waals surface area contributed by atoms with Gasteiger partial charge in [-0.25, -0.2) is 9.36 Å². The van der Waals surface area contributed by atoms with E-state index >= 15 is 0 Å². The number of thiophene rings is 1. The van der Waals surface area contributed by atoms with Crippen LogP contribution in [0.4, 0.5) is 0 Å². The molecule has 9 heteroatoms. The molecule has 0 radical (unpaired) electrons. The van der Waals surface area contributed by atoms with Gasteiger partial charge in [0, 0.05) is 6.54 Å². The largest absolute Gasteiger partial charge is 0.493 e. The van der Waals surface area contributed by atoms with Gasteiger partial charge in [-0.1, -0.05) is 24.3 Å². The van der Waals surface area contributed by atoms with Gasteiger partial charge < -0.3 is 14.8 Å². The van der Waals surface area contributed by atoms with Gasteiger partial charge in [0.2, 0.25) is 5.91 Å². The minimum atomic E-state index is -0.549. The van der Waals surface area contributed by atoms with Crippen molar-refractivity contribution in [3.05, 3.63) is 86.4 Å². The van der Waals surface area contributed by atoms with Crippen molar-refractivity contribution < 1.29 is 14.3 Å². The first kappa shape index (κ1) is 22.3. The Balaban J connectivity index is 1.53. The van der Waals surface area contributed by atoms with Gasteiger partial charge in [0.15, 0.2) is 11.5 Å². The lowest BCUT2D eigenvalue weighted by Crippen LogP contribution is -2.41. The van der Waals surface area contributed by atoms with Gasteiger partial charge in [-0.05, 0) is 47.7 Å². The number of methoxy groups -OCH3 is 2. The first-order valence-corrected chi connectivity index (χ1v) is 11.2. The number of hydrogen-bond donors (Lipinski definition) is 1. The van der Waals surface area contributed by atoms with Gasteiger partial charge in [0.05, 0.1) is 25.4 Å². The number of nitrogens with zero attached hydrogens (tertiary/aromatic N) is 2. The van der Waals surface area contributed by atoms with Crippen LogP contribution in [-0.2, 0) is 17.8 Å². The number of amides is 1. The highest BCUT2D eigenvalue weighted by atomic mass is 32.1. The number of carbonyl (C=O) groups excluding carboxylic acids is 1.